The van der Waals surface area contributed by atoms with Crippen molar-refractivity contribution in [2.75, 3.05) is 39.5 Å². The van der Waals surface area contributed by atoms with E-state index in [1.165, 1.54) is 0 Å². The fourth-order valence-corrected chi connectivity index (χ4v) is 5.58. The van der Waals surface area contributed by atoms with Crippen LogP contribution >= 0.6 is 23.2 Å². The van der Waals surface area contributed by atoms with E-state index in [1.807, 2.05) is 36.4 Å². The van der Waals surface area contributed by atoms with E-state index in [1.54, 1.807) is 30.1 Å². The highest BCUT2D eigenvalue weighted by Gasteiger charge is 2.31. The van der Waals surface area contributed by atoms with Gasteiger partial charge < -0.3 is 4.90 Å². The summed E-state index contributed by atoms with van der Waals surface area (Å²) >= 11 is 12.4. The van der Waals surface area contributed by atoms with Gasteiger partial charge in [-0.3, -0.25) is 13.9 Å². The lowest BCUT2D eigenvalue weighted by Gasteiger charge is -2.39. The molecule has 0 radical (unpaired) electrons. The molecule has 10 heteroatoms. The molecule has 1 unspecified atom stereocenters. The zero-order chi connectivity index (χ0) is 26.7. The second-order valence-electron chi connectivity index (χ2n) is 9.38. The number of likely N-dealkylation sites (tertiary alicyclic amines) is 1. The summed E-state index contributed by atoms with van der Waals surface area (Å²) in [7, 11) is -1.73. The summed E-state index contributed by atoms with van der Waals surface area (Å²) in [6, 6.07) is 18.6. The number of likely N-dealkylation sites (N-methyl/N-ethyl adjacent to an activating group) is 1. The van der Waals surface area contributed by atoms with Crippen LogP contribution in [0.2, 0.25) is 10.0 Å². The van der Waals surface area contributed by atoms with Gasteiger partial charge in [0.05, 0.1) is 27.9 Å². The van der Waals surface area contributed by atoms with Crippen molar-refractivity contribution in [1.29, 1.82) is 5.26 Å². The number of amides is 1. The van der Waals surface area contributed by atoms with Crippen molar-refractivity contribution in [1.82, 2.24) is 9.80 Å². The zero-order valence-corrected chi connectivity index (χ0v) is 22.9. The lowest BCUT2D eigenvalue weighted by molar-refractivity contribution is 0.0227. The summed E-state index contributed by atoms with van der Waals surface area (Å²) in [6.45, 7) is 2.17. The van der Waals surface area contributed by atoms with Crippen LogP contribution in [0.3, 0.4) is 0 Å². The van der Waals surface area contributed by atoms with Crippen molar-refractivity contribution in [3.8, 4) is 6.07 Å². The van der Waals surface area contributed by atoms with Crippen LogP contribution in [0.25, 0.3) is 10.8 Å². The van der Waals surface area contributed by atoms with E-state index in [4.69, 9.17) is 27.4 Å². The Labute approximate surface area is 227 Å². The van der Waals surface area contributed by atoms with Gasteiger partial charge in [-0.1, -0.05) is 53.5 Å². The molecule has 194 valence electrons. The minimum Gasteiger partial charge on any atom is -0.341 e. The normalized spacial score (nSPS) is 15.2. The molecular weight excluding hydrogens is 533 g/mol. The van der Waals surface area contributed by atoms with Crippen molar-refractivity contribution in [3.63, 3.8) is 0 Å². The summed E-state index contributed by atoms with van der Waals surface area (Å²) in [4.78, 5) is 17.4. The molecule has 1 aliphatic rings. The Balaban J connectivity index is 1.52. The van der Waals surface area contributed by atoms with Gasteiger partial charge >= 0.3 is 0 Å². The molecule has 1 amide bonds. The van der Waals surface area contributed by atoms with Gasteiger partial charge in [-0.2, -0.15) is 13.7 Å². The van der Waals surface area contributed by atoms with Crippen molar-refractivity contribution in [2.24, 2.45) is 0 Å². The second-order valence-corrected chi connectivity index (χ2v) is 11.8. The number of benzene rings is 3. The molecule has 1 atom stereocenters. The van der Waals surface area contributed by atoms with Crippen molar-refractivity contribution >= 4 is 50.0 Å². The van der Waals surface area contributed by atoms with Crippen molar-refractivity contribution in [2.45, 2.75) is 18.4 Å². The number of carbonyl (C=O) groups is 1. The van der Waals surface area contributed by atoms with Gasteiger partial charge in [-0.05, 0) is 53.6 Å². The number of nitriles is 1. The third kappa shape index (κ3) is 6.81. The molecule has 0 aliphatic carbocycles. The fraction of sp³-hybridized carbons (Fsp3) is 0.333. The summed E-state index contributed by atoms with van der Waals surface area (Å²) in [6.07, 6.45) is 1.43. The number of hydrogen-bond acceptors (Lipinski definition) is 6. The molecule has 0 aromatic heterocycles. The molecule has 3 aromatic carbocycles. The smallest absolute Gasteiger partial charge is 0.264 e. The summed E-state index contributed by atoms with van der Waals surface area (Å²) in [5.74, 6) is -0.229. The summed E-state index contributed by atoms with van der Waals surface area (Å²) < 4.78 is 27.8. The SMILES string of the molecule is CN(CC(CCN1CC(OS(C)(=O)=O)C1)c1ccc(Cl)c(Cl)c1)C(=O)c1cc(C#N)cc2ccccc12. The van der Waals surface area contributed by atoms with E-state index in [0.29, 0.717) is 53.8 Å². The highest BCUT2D eigenvalue weighted by Crippen LogP contribution is 2.30. The van der Waals surface area contributed by atoms with Crippen LogP contribution < -0.4 is 0 Å². The lowest BCUT2D eigenvalue weighted by Crippen LogP contribution is -2.53. The average molecular weight is 561 g/mol. The molecule has 0 N–H and O–H groups in total. The molecule has 1 saturated heterocycles. The quantitative estimate of drug-likeness (QED) is 0.345. The predicted molar refractivity (Wildman–Crippen MR) is 146 cm³/mol. The molecule has 37 heavy (non-hydrogen) atoms. The van der Waals surface area contributed by atoms with Crippen LogP contribution in [-0.4, -0.2) is 69.7 Å². The largest absolute Gasteiger partial charge is 0.341 e. The molecule has 1 aliphatic heterocycles. The van der Waals surface area contributed by atoms with Gasteiger partial charge in [0.25, 0.3) is 16.0 Å². The standard InChI is InChI=1S/C27H27Cl2N3O4S/c1-31(27(33)24-12-18(14-30)11-20-5-3-4-6-23(20)24)15-21(19-7-8-25(28)26(29)13-19)9-10-32-16-22(17-32)36-37(2,34)35/h3-8,11-13,21-22H,9-10,15-17H2,1-2H3. The first-order valence-corrected chi connectivity index (χ1v) is 14.3. The number of hydrogen-bond donors (Lipinski definition) is 0. The molecule has 3 aromatic rings. The first-order valence-electron chi connectivity index (χ1n) is 11.8. The number of halogens is 2. The van der Waals surface area contributed by atoms with Crippen LogP contribution in [0.4, 0.5) is 0 Å². The molecule has 4 rings (SSSR count). The van der Waals surface area contributed by atoms with E-state index in [0.717, 1.165) is 22.6 Å². The fourth-order valence-electron chi connectivity index (χ4n) is 4.65. The Morgan fingerprint density at radius 1 is 1.16 bits per heavy atom. The van der Waals surface area contributed by atoms with E-state index < -0.39 is 10.1 Å². The van der Waals surface area contributed by atoms with Gasteiger partial charge in [0.2, 0.25) is 0 Å². The van der Waals surface area contributed by atoms with Crippen LogP contribution in [-0.2, 0) is 14.3 Å². The maximum absolute atomic E-state index is 13.6. The zero-order valence-electron chi connectivity index (χ0n) is 20.5. The minimum absolute atomic E-state index is 0.0518. The van der Waals surface area contributed by atoms with Crippen molar-refractivity contribution < 1.29 is 17.4 Å². The third-order valence-electron chi connectivity index (χ3n) is 6.51. The molecule has 1 heterocycles. The number of rotatable bonds is 9. The van der Waals surface area contributed by atoms with Crippen LogP contribution in [0.1, 0.15) is 33.8 Å². The lowest BCUT2D eigenvalue weighted by atomic mass is 9.93. The van der Waals surface area contributed by atoms with E-state index in [2.05, 4.69) is 11.0 Å². The Hall–Kier alpha value is -2.67. The molecule has 7 nitrogen and oxygen atoms in total. The topological polar surface area (TPSA) is 90.7 Å². The van der Waals surface area contributed by atoms with E-state index in [9.17, 15) is 18.5 Å². The first-order chi connectivity index (χ1) is 17.5. The van der Waals surface area contributed by atoms with Gasteiger partial charge in [0, 0.05) is 38.2 Å². The number of fused-ring (bicyclic) bond motifs is 1. The number of nitrogens with zero attached hydrogens (tertiary/aromatic N) is 3. The Morgan fingerprint density at radius 3 is 2.57 bits per heavy atom. The Morgan fingerprint density at radius 2 is 1.89 bits per heavy atom. The third-order valence-corrected chi connectivity index (χ3v) is 7.87. The maximum Gasteiger partial charge on any atom is 0.264 e. The van der Waals surface area contributed by atoms with Crippen LogP contribution in [0.15, 0.2) is 54.6 Å². The van der Waals surface area contributed by atoms with Gasteiger partial charge in [0.15, 0.2) is 0 Å². The molecule has 0 bridgehead atoms. The monoisotopic (exact) mass is 559 g/mol. The maximum atomic E-state index is 13.6. The minimum atomic E-state index is -3.48. The molecule has 0 spiro atoms. The van der Waals surface area contributed by atoms with Crippen LogP contribution in [0, 0.1) is 11.3 Å². The summed E-state index contributed by atoms with van der Waals surface area (Å²) in [5, 5.41) is 12.0. The van der Waals surface area contributed by atoms with Crippen LogP contribution in [0.5, 0.6) is 0 Å². The highest BCUT2D eigenvalue weighted by molar-refractivity contribution is 7.86. The molecular formula is C27H27Cl2N3O4S. The average Bonchev–Trinajstić information content (AvgIpc) is 2.84. The van der Waals surface area contributed by atoms with Crippen molar-refractivity contribution in [3.05, 3.63) is 81.3 Å². The predicted octanol–water partition coefficient (Wildman–Crippen LogP) is 4.92. The van der Waals surface area contributed by atoms with Gasteiger partial charge in [-0.25, -0.2) is 0 Å². The Kier molecular flexibility index (Phi) is 8.42. The molecule has 1 fully saturated rings. The summed E-state index contributed by atoms with van der Waals surface area (Å²) in [5.41, 5.74) is 1.86. The number of carbonyl (C=O) groups excluding carboxylic acids is 1. The highest BCUT2D eigenvalue weighted by atomic mass is 35.5. The Bertz CT molecular complexity index is 1470. The second kappa shape index (κ2) is 11.4. The van der Waals surface area contributed by atoms with Gasteiger partial charge in [0.1, 0.15) is 6.10 Å². The first kappa shape index (κ1) is 27.4. The van der Waals surface area contributed by atoms with E-state index in [-0.39, 0.29) is 17.9 Å². The van der Waals surface area contributed by atoms with Gasteiger partial charge in [-0.15, -0.1) is 0 Å². The van der Waals surface area contributed by atoms with E-state index >= 15 is 0 Å². The molecule has 0 saturated carbocycles.